The molecule has 0 aliphatic carbocycles. The molecule has 1 aromatic carbocycles. The van der Waals surface area contributed by atoms with Crippen molar-refractivity contribution in [2.45, 2.75) is 6.92 Å². The fraction of sp³-hybridized carbons (Fsp3) is 0.0588. The minimum absolute atomic E-state index is 0.973. The molecule has 0 saturated carbocycles. The molecule has 0 bridgehead atoms. The largest absolute Gasteiger partial charge is 0.265 e. The van der Waals surface area contributed by atoms with E-state index in [2.05, 4.69) is 47.2 Å². The van der Waals surface area contributed by atoms with Gasteiger partial charge in [0.05, 0.1) is 5.69 Å². The van der Waals surface area contributed by atoms with Gasteiger partial charge in [-0.1, -0.05) is 29.8 Å². The SMILES string of the molecule is Cc1ccc(-c2ccnc(-c3ccncc3)c2)cc1. The predicted octanol–water partition coefficient (Wildman–Crippen LogP) is 4.12. The zero-order chi connectivity index (χ0) is 13.1. The standard InChI is InChI=1S/C17H14N2/c1-13-2-4-14(5-3-13)16-8-11-19-17(12-16)15-6-9-18-10-7-15/h2-12H,1H3. The van der Waals surface area contributed by atoms with Gasteiger partial charge in [0, 0.05) is 24.2 Å². The van der Waals surface area contributed by atoms with Crippen molar-refractivity contribution in [2.24, 2.45) is 0 Å². The van der Waals surface area contributed by atoms with E-state index in [0.717, 1.165) is 11.3 Å². The van der Waals surface area contributed by atoms with E-state index in [1.54, 1.807) is 12.4 Å². The van der Waals surface area contributed by atoms with Gasteiger partial charge in [-0.2, -0.15) is 0 Å². The minimum atomic E-state index is 0.973. The van der Waals surface area contributed by atoms with Gasteiger partial charge in [0.25, 0.3) is 0 Å². The summed E-state index contributed by atoms with van der Waals surface area (Å²) in [7, 11) is 0. The van der Waals surface area contributed by atoms with Crippen molar-refractivity contribution in [3.8, 4) is 22.4 Å². The van der Waals surface area contributed by atoms with Crippen LogP contribution in [0.4, 0.5) is 0 Å². The van der Waals surface area contributed by atoms with Crippen LogP contribution in [0.25, 0.3) is 22.4 Å². The highest BCUT2D eigenvalue weighted by Crippen LogP contribution is 2.24. The Morgan fingerprint density at radius 2 is 1.37 bits per heavy atom. The average molecular weight is 246 g/mol. The third-order valence-corrected chi connectivity index (χ3v) is 3.12. The third kappa shape index (κ3) is 2.52. The van der Waals surface area contributed by atoms with E-state index in [-0.39, 0.29) is 0 Å². The molecule has 0 aliphatic heterocycles. The van der Waals surface area contributed by atoms with Crippen LogP contribution >= 0.6 is 0 Å². The lowest BCUT2D eigenvalue weighted by Crippen LogP contribution is -1.85. The van der Waals surface area contributed by atoms with Gasteiger partial charge in [0.15, 0.2) is 0 Å². The number of nitrogens with zero attached hydrogens (tertiary/aromatic N) is 2. The highest BCUT2D eigenvalue weighted by molar-refractivity contribution is 5.70. The predicted molar refractivity (Wildman–Crippen MR) is 77.6 cm³/mol. The van der Waals surface area contributed by atoms with E-state index < -0.39 is 0 Å². The van der Waals surface area contributed by atoms with Gasteiger partial charge in [-0.15, -0.1) is 0 Å². The summed E-state index contributed by atoms with van der Waals surface area (Å²) < 4.78 is 0. The molecule has 0 radical (unpaired) electrons. The lowest BCUT2D eigenvalue weighted by atomic mass is 10.0. The molecule has 0 amide bonds. The first-order valence-corrected chi connectivity index (χ1v) is 6.26. The summed E-state index contributed by atoms with van der Waals surface area (Å²) >= 11 is 0. The second kappa shape index (κ2) is 5.02. The van der Waals surface area contributed by atoms with Gasteiger partial charge in [0.1, 0.15) is 0 Å². The van der Waals surface area contributed by atoms with Crippen LogP contribution in [0.3, 0.4) is 0 Å². The Morgan fingerprint density at radius 3 is 2.11 bits per heavy atom. The van der Waals surface area contributed by atoms with Gasteiger partial charge in [-0.3, -0.25) is 9.97 Å². The molecule has 0 atom stereocenters. The number of rotatable bonds is 2. The first-order valence-electron chi connectivity index (χ1n) is 6.26. The second-order valence-electron chi connectivity index (χ2n) is 4.53. The molecule has 0 N–H and O–H groups in total. The molecule has 0 aliphatic rings. The summed E-state index contributed by atoms with van der Waals surface area (Å²) in [6, 6.07) is 16.6. The molecule has 19 heavy (non-hydrogen) atoms. The van der Waals surface area contributed by atoms with E-state index in [0.29, 0.717) is 0 Å². The van der Waals surface area contributed by atoms with E-state index in [9.17, 15) is 0 Å². The maximum Gasteiger partial charge on any atom is 0.0709 e. The fourth-order valence-electron chi connectivity index (χ4n) is 2.04. The molecule has 2 nitrogen and oxygen atoms in total. The zero-order valence-electron chi connectivity index (χ0n) is 10.7. The van der Waals surface area contributed by atoms with Crippen LogP contribution in [0.1, 0.15) is 5.56 Å². The Balaban J connectivity index is 2.03. The van der Waals surface area contributed by atoms with Gasteiger partial charge in [-0.05, 0) is 42.3 Å². The molecular formula is C17H14N2. The van der Waals surface area contributed by atoms with Crippen molar-refractivity contribution in [1.82, 2.24) is 9.97 Å². The molecule has 92 valence electrons. The van der Waals surface area contributed by atoms with Crippen molar-refractivity contribution in [1.29, 1.82) is 0 Å². The maximum atomic E-state index is 4.42. The summed E-state index contributed by atoms with van der Waals surface area (Å²) in [5.41, 5.74) is 5.72. The highest BCUT2D eigenvalue weighted by atomic mass is 14.7. The lowest BCUT2D eigenvalue weighted by molar-refractivity contribution is 1.29. The quantitative estimate of drug-likeness (QED) is 0.679. The Bertz CT molecular complexity index is 673. The summed E-state index contributed by atoms with van der Waals surface area (Å²) in [5, 5.41) is 0. The minimum Gasteiger partial charge on any atom is -0.265 e. The maximum absolute atomic E-state index is 4.42. The van der Waals surface area contributed by atoms with Crippen LogP contribution in [0.15, 0.2) is 67.1 Å². The highest BCUT2D eigenvalue weighted by Gasteiger charge is 2.02. The molecule has 3 aromatic rings. The molecule has 0 saturated heterocycles. The molecule has 0 fully saturated rings. The number of aryl methyl sites for hydroxylation is 1. The number of aromatic nitrogens is 2. The molecule has 2 heterocycles. The van der Waals surface area contributed by atoms with Crippen molar-refractivity contribution in [2.75, 3.05) is 0 Å². The molecular weight excluding hydrogens is 232 g/mol. The molecule has 2 aromatic heterocycles. The van der Waals surface area contributed by atoms with Crippen molar-refractivity contribution in [3.05, 3.63) is 72.7 Å². The lowest BCUT2D eigenvalue weighted by Gasteiger charge is -2.05. The summed E-state index contributed by atoms with van der Waals surface area (Å²) in [5.74, 6) is 0. The van der Waals surface area contributed by atoms with Gasteiger partial charge in [-0.25, -0.2) is 0 Å². The number of pyridine rings is 2. The second-order valence-corrected chi connectivity index (χ2v) is 4.53. The first kappa shape index (κ1) is 11.6. The van der Waals surface area contributed by atoms with Crippen LogP contribution in [0.5, 0.6) is 0 Å². The van der Waals surface area contributed by atoms with E-state index in [1.165, 1.54) is 16.7 Å². The van der Waals surface area contributed by atoms with Crippen molar-refractivity contribution < 1.29 is 0 Å². The monoisotopic (exact) mass is 246 g/mol. The number of hydrogen-bond acceptors (Lipinski definition) is 2. The average Bonchev–Trinajstić information content (AvgIpc) is 2.49. The van der Waals surface area contributed by atoms with Crippen molar-refractivity contribution >= 4 is 0 Å². The number of hydrogen-bond donors (Lipinski definition) is 0. The van der Waals surface area contributed by atoms with E-state index >= 15 is 0 Å². The van der Waals surface area contributed by atoms with Crippen LogP contribution in [0, 0.1) is 6.92 Å². The topological polar surface area (TPSA) is 25.8 Å². The van der Waals surface area contributed by atoms with Crippen molar-refractivity contribution in [3.63, 3.8) is 0 Å². The fourth-order valence-corrected chi connectivity index (χ4v) is 2.04. The molecule has 2 heteroatoms. The van der Waals surface area contributed by atoms with Gasteiger partial charge >= 0.3 is 0 Å². The summed E-state index contributed by atoms with van der Waals surface area (Å²) in [4.78, 5) is 8.46. The van der Waals surface area contributed by atoms with Gasteiger partial charge in [0.2, 0.25) is 0 Å². The smallest absolute Gasteiger partial charge is 0.0709 e. The zero-order valence-corrected chi connectivity index (χ0v) is 10.7. The molecule has 3 rings (SSSR count). The normalized spacial score (nSPS) is 10.4. The molecule has 0 unspecified atom stereocenters. The van der Waals surface area contributed by atoms with Crippen LogP contribution in [0.2, 0.25) is 0 Å². The third-order valence-electron chi connectivity index (χ3n) is 3.12. The Labute approximate surface area is 112 Å². The first-order chi connectivity index (χ1) is 9.33. The Kier molecular flexibility index (Phi) is 3.07. The summed E-state index contributed by atoms with van der Waals surface area (Å²) in [6.07, 6.45) is 5.43. The van der Waals surface area contributed by atoms with Crippen LogP contribution < -0.4 is 0 Å². The van der Waals surface area contributed by atoms with Crippen LogP contribution in [-0.2, 0) is 0 Å². The van der Waals surface area contributed by atoms with Crippen LogP contribution in [-0.4, -0.2) is 9.97 Å². The molecule has 0 spiro atoms. The van der Waals surface area contributed by atoms with Gasteiger partial charge < -0.3 is 0 Å². The Hall–Kier alpha value is -2.48. The van der Waals surface area contributed by atoms with E-state index in [1.807, 2.05) is 24.4 Å². The number of benzene rings is 1. The van der Waals surface area contributed by atoms with E-state index in [4.69, 9.17) is 0 Å². The Morgan fingerprint density at radius 1 is 0.684 bits per heavy atom. The summed E-state index contributed by atoms with van der Waals surface area (Å²) in [6.45, 7) is 2.10.